The van der Waals surface area contributed by atoms with Crippen molar-refractivity contribution in [2.24, 2.45) is 0 Å². The quantitative estimate of drug-likeness (QED) is 0.896. The van der Waals surface area contributed by atoms with Crippen molar-refractivity contribution in [1.29, 1.82) is 0 Å². The Hall–Kier alpha value is -2.30. The number of hydrogen-bond donors (Lipinski definition) is 2. The Balaban J connectivity index is 1.86. The van der Waals surface area contributed by atoms with Gasteiger partial charge >= 0.3 is 0 Å². The molecule has 25 heavy (non-hydrogen) atoms. The maximum absolute atomic E-state index is 13.3. The number of hydrogen-bond acceptors (Lipinski definition) is 2. The van der Waals surface area contributed by atoms with Crippen LogP contribution in [-0.2, 0) is 4.79 Å². The molecular weight excluding hydrogens is 314 g/mol. The highest BCUT2D eigenvalue weighted by molar-refractivity contribution is 6.08. The van der Waals surface area contributed by atoms with Gasteiger partial charge in [-0.3, -0.25) is 9.59 Å². The van der Waals surface area contributed by atoms with Crippen molar-refractivity contribution in [2.75, 3.05) is 13.1 Å². The van der Waals surface area contributed by atoms with E-state index < -0.39 is 0 Å². The van der Waals surface area contributed by atoms with Crippen molar-refractivity contribution in [3.63, 3.8) is 0 Å². The van der Waals surface area contributed by atoms with E-state index in [1.807, 2.05) is 30.0 Å². The van der Waals surface area contributed by atoms with Gasteiger partial charge in [-0.15, -0.1) is 0 Å². The molecule has 5 heteroatoms. The van der Waals surface area contributed by atoms with Crippen LogP contribution in [0, 0.1) is 13.8 Å². The molecule has 0 saturated carbocycles. The number of carbonyl (C=O) groups excluding carboxylic acids is 2. The van der Waals surface area contributed by atoms with Gasteiger partial charge in [0.2, 0.25) is 5.91 Å². The van der Waals surface area contributed by atoms with Crippen LogP contribution in [-0.4, -0.2) is 40.8 Å². The van der Waals surface area contributed by atoms with Gasteiger partial charge in [-0.25, -0.2) is 0 Å². The Morgan fingerprint density at radius 2 is 2.08 bits per heavy atom. The van der Waals surface area contributed by atoms with E-state index in [0.717, 1.165) is 60.0 Å². The molecule has 0 aliphatic carbocycles. The zero-order valence-electron chi connectivity index (χ0n) is 15.3. The second-order valence-corrected chi connectivity index (χ2v) is 7.02. The average Bonchev–Trinajstić information content (AvgIpc) is 2.89. The predicted molar refractivity (Wildman–Crippen MR) is 99.7 cm³/mol. The normalized spacial score (nSPS) is 17.7. The maximum atomic E-state index is 13.3. The van der Waals surface area contributed by atoms with Crippen LogP contribution >= 0.6 is 0 Å². The number of carbonyl (C=O) groups is 2. The van der Waals surface area contributed by atoms with E-state index in [1.54, 1.807) is 0 Å². The van der Waals surface area contributed by atoms with E-state index in [4.69, 9.17) is 0 Å². The SMILES string of the molecule is CC(=O)NCCC1CCCCN1C(=O)c1cccc2[nH]c(C)c(C)c12. The number of rotatable bonds is 4. The number of piperidine rings is 1. The van der Waals surface area contributed by atoms with E-state index in [-0.39, 0.29) is 17.9 Å². The summed E-state index contributed by atoms with van der Waals surface area (Å²) in [6.45, 7) is 7.05. The third-order valence-electron chi connectivity index (χ3n) is 5.29. The summed E-state index contributed by atoms with van der Waals surface area (Å²) in [5.41, 5.74) is 4.06. The third-order valence-corrected chi connectivity index (χ3v) is 5.29. The average molecular weight is 341 g/mol. The Morgan fingerprint density at radius 3 is 2.84 bits per heavy atom. The summed E-state index contributed by atoms with van der Waals surface area (Å²) in [7, 11) is 0. The summed E-state index contributed by atoms with van der Waals surface area (Å²) in [6.07, 6.45) is 4.00. The molecule has 1 unspecified atom stereocenters. The van der Waals surface area contributed by atoms with Crippen molar-refractivity contribution < 1.29 is 9.59 Å². The van der Waals surface area contributed by atoms with Gasteiger partial charge in [-0.2, -0.15) is 0 Å². The third kappa shape index (κ3) is 3.55. The summed E-state index contributed by atoms with van der Waals surface area (Å²) < 4.78 is 0. The fourth-order valence-corrected chi connectivity index (χ4v) is 3.86. The lowest BCUT2D eigenvalue weighted by molar-refractivity contribution is -0.119. The van der Waals surface area contributed by atoms with Crippen LogP contribution in [0.2, 0.25) is 0 Å². The van der Waals surface area contributed by atoms with Crippen LogP contribution < -0.4 is 5.32 Å². The number of H-pyrrole nitrogens is 1. The molecule has 5 nitrogen and oxygen atoms in total. The molecule has 0 bridgehead atoms. The van der Waals surface area contributed by atoms with Gasteiger partial charge in [0.25, 0.3) is 5.91 Å². The first-order chi connectivity index (χ1) is 12.0. The summed E-state index contributed by atoms with van der Waals surface area (Å²) in [6, 6.07) is 6.10. The van der Waals surface area contributed by atoms with Gasteiger partial charge < -0.3 is 15.2 Å². The van der Waals surface area contributed by atoms with E-state index in [2.05, 4.69) is 17.2 Å². The molecule has 0 spiro atoms. The molecule has 2 aromatic rings. The minimum absolute atomic E-state index is 0.0168. The Bertz CT molecular complexity index is 794. The molecule has 1 aromatic heterocycles. The molecule has 2 heterocycles. The standard InChI is InChI=1S/C20H27N3O2/c1-13-14(2)22-18-9-6-8-17(19(13)18)20(25)23-12-5-4-7-16(23)10-11-21-15(3)24/h6,8-9,16,22H,4-5,7,10-12H2,1-3H3,(H,21,24). The lowest BCUT2D eigenvalue weighted by atomic mass is 9.96. The molecule has 2 N–H and O–H groups in total. The van der Waals surface area contributed by atoms with Crippen LogP contribution in [0.15, 0.2) is 18.2 Å². The molecule has 3 rings (SSSR count). The smallest absolute Gasteiger partial charge is 0.254 e. The number of aromatic amines is 1. The van der Waals surface area contributed by atoms with E-state index in [1.165, 1.54) is 6.92 Å². The monoisotopic (exact) mass is 341 g/mol. The molecule has 1 fully saturated rings. The van der Waals surface area contributed by atoms with E-state index in [0.29, 0.717) is 6.54 Å². The fraction of sp³-hybridized carbons (Fsp3) is 0.500. The van der Waals surface area contributed by atoms with Gasteiger partial charge in [0.15, 0.2) is 0 Å². The van der Waals surface area contributed by atoms with Crippen LogP contribution in [0.3, 0.4) is 0 Å². The number of likely N-dealkylation sites (tertiary alicyclic amines) is 1. The topological polar surface area (TPSA) is 65.2 Å². The van der Waals surface area contributed by atoms with Crippen molar-refractivity contribution in [3.8, 4) is 0 Å². The highest BCUT2D eigenvalue weighted by atomic mass is 16.2. The number of nitrogens with one attached hydrogen (secondary N) is 2. The number of amides is 2. The first-order valence-corrected chi connectivity index (χ1v) is 9.12. The lowest BCUT2D eigenvalue weighted by Crippen LogP contribution is -2.45. The minimum Gasteiger partial charge on any atom is -0.358 e. The molecule has 1 aliphatic heterocycles. The van der Waals surface area contributed by atoms with Crippen LogP contribution in [0.25, 0.3) is 10.9 Å². The van der Waals surface area contributed by atoms with Crippen LogP contribution in [0.1, 0.15) is 54.2 Å². The molecule has 0 radical (unpaired) electrons. The lowest BCUT2D eigenvalue weighted by Gasteiger charge is -2.36. The number of nitrogens with zero attached hydrogens (tertiary/aromatic N) is 1. The number of benzene rings is 1. The second-order valence-electron chi connectivity index (χ2n) is 7.02. The minimum atomic E-state index is -0.0168. The largest absolute Gasteiger partial charge is 0.358 e. The molecule has 1 atom stereocenters. The van der Waals surface area contributed by atoms with Crippen molar-refractivity contribution in [2.45, 2.75) is 52.5 Å². The van der Waals surface area contributed by atoms with Crippen molar-refractivity contribution in [3.05, 3.63) is 35.0 Å². The molecule has 1 aliphatic rings. The summed E-state index contributed by atoms with van der Waals surface area (Å²) in [4.78, 5) is 29.8. The number of aromatic nitrogens is 1. The highest BCUT2D eigenvalue weighted by Gasteiger charge is 2.28. The zero-order valence-corrected chi connectivity index (χ0v) is 15.3. The Kier molecular flexibility index (Phi) is 5.11. The molecule has 1 saturated heterocycles. The van der Waals surface area contributed by atoms with E-state index in [9.17, 15) is 9.59 Å². The summed E-state index contributed by atoms with van der Waals surface area (Å²) >= 11 is 0. The first kappa shape index (κ1) is 17.5. The van der Waals surface area contributed by atoms with Gasteiger partial charge in [0, 0.05) is 48.2 Å². The number of aryl methyl sites for hydroxylation is 2. The molecule has 2 amide bonds. The second kappa shape index (κ2) is 7.30. The maximum Gasteiger partial charge on any atom is 0.254 e. The Labute approximate surface area is 148 Å². The van der Waals surface area contributed by atoms with Gasteiger partial charge in [-0.05, 0) is 57.2 Å². The van der Waals surface area contributed by atoms with Crippen LogP contribution in [0.4, 0.5) is 0 Å². The summed E-state index contributed by atoms with van der Waals surface area (Å²) in [5.74, 6) is 0.0945. The highest BCUT2D eigenvalue weighted by Crippen LogP contribution is 2.28. The Morgan fingerprint density at radius 1 is 1.28 bits per heavy atom. The van der Waals surface area contributed by atoms with E-state index >= 15 is 0 Å². The van der Waals surface area contributed by atoms with Crippen LogP contribution in [0.5, 0.6) is 0 Å². The molecule has 134 valence electrons. The number of fused-ring (bicyclic) bond motifs is 1. The van der Waals surface area contributed by atoms with Crippen molar-refractivity contribution in [1.82, 2.24) is 15.2 Å². The molecule has 1 aromatic carbocycles. The van der Waals surface area contributed by atoms with Gasteiger partial charge in [0.05, 0.1) is 0 Å². The fourth-order valence-electron chi connectivity index (χ4n) is 3.86. The predicted octanol–water partition coefficient (Wildman–Crippen LogP) is 3.31. The molecular formula is C20H27N3O2. The van der Waals surface area contributed by atoms with Gasteiger partial charge in [-0.1, -0.05) is 6.07 Å². The van der Waals surface area contributed by atoms with Crippen molar-refractivity contribution >= 4 is 22.7 Å². The zero-order chi connectivity index (χ0) is 18.0. The summed E-state index contributed by atoms with van der Waals surface area (Å²) in [5, 5.41) is 3.89. The van der Waals surface area contributed by atoms with Gasteiger partial charge in [0.1, 0.15) is 0 Å². The first-order valence-electron chi connectivity index (χ1n) is 9.12.